The lowest BCUT2D eigenvalue weighted by Crippen LogP contribution is -2.31. The summed E-state index contributed by atoms with van der Waals surface area (Å²) in [7, 11) is 0. The average molecular weight is 181 g/mol. The summed E-state index contributed by atoms with van der Waals surface area (Å²) in [5, 5.41) is 8.31. The first kappa shape index (κ1) is 11.3. The first-order valence-corrected chi connectivity index (χ1v) is 3.69. The molecule has 3 nitrogen and oxygen atoms in total. The molecule has 0 aromatic rings. The van der Waals surface area contributed by atoms with Crippen molar-refractivity contribution in [2.45, 2.75) is 32.2 Å². The van der Waals surface area contributed by atoms with Crippen molar-refractivity contribution < 1.29 is 18.7 Å². The molecule has 0 saturated carbocycles. The van der Waals surface area contributed by atoms with Crippen LogP contribution in [0.15, 0.2) is 0 Å². The molecule has 0 aromatic carbocycles. The molecule has 12 heavy (non-hydrogen) atoms. The first-order chi connectivity index (χ1) is 5.43. The predicted molar refractivity (Wildman–Crippen MR) is 40.0 cm³/mol. The molecule has 3 N–H and O–H groups in total. The highest BCUT2D eigenvalue weighted by molar-refractivity contribution is 5.66. The Hall–Kier alpha value is -0.710. The second kappa shape index (κ2) is 5.03. The smallest absolute Gasteiger partial charge is 0.303 e. The second-order valence-electron chi connectivity index (χ2n) is 2.94. The zero-order chi connectivity index (χ0) is 9.72. The number of carbonyl (C=O) groups is 1. The van der Waals surface area contributed by atoms with E-state index in [9.17, 15) is 13.6 Å². The molecule has 0 spiro atoms. The van der Waals surface area contributed by atoms with Crippen molar-refractivity contribution in [3.63, 3.8) is 0 Å². The molecule has 0 unspecified atom stereocenters. The lowest BCUT2D eigenvalue weighted by Gasteiger charge is -2.14. The third-order valence-corrected chi connectivity index (χ3v) is 1.52. The van der Waals surface area contributed by atoms with Gasteiger partial charge in [-0.2, -0.15) is 0 Å². The number of rotatable bonds is 5. The molecule has 0 fully saturated rings. The number of carboxylic acids is 1. The van der Waals surface area contributed by atoms with Crippen molar-refractivity contribution in [2.75, 3.05) is 0 Å². The van der Waals surface area contributed by atoms with Crippen LogP contribution in [-0.4, -0.2) is 23.5 Å². The number of hydrogen-bond donors (Lipinski definition) is 2. The largest absolute Gasteiger partial charge is 0.481 e. The van der Waals surface area contributed by atoms with Gasteiger partial charge >= 0.3 is 5.97 Å². The maximum Gasteiger partial charge on any atom is 0.303 e. The van der Waals surface area contributed by atoms with Gasteiger partial charge < -0.3 is 10.8 Å². The van der Waals surface area contributed by atoms with Crippen molar-refractivity contribution in [2.24, 2.45) is 11.7 Å². The molecule has 0 heterocycles. The van der Waals surface area contributed by atoms with Gasteiger partial charge in [0.1, 0.15) is 0 Å². The van der Waals surface area contributed by atoms with Crippen LogP contribution in [0.2, 0.25) is 0 Å². The van der Waals surface area contributed by atoms with Crippen LogP contribution in [0.4, 0.5) is 8.78 Å². The van der Waals surface area contributed by atoms with Gasteiger partial charge in [0.2, 0.25) is 0 Å². The molecule has 0 saturated heterocycles. The summed E-state index contributed by atoms with van der Waals surface area (Å²) in [6.45, 7) is 1.59. The number of aliphatic carboxylic acids is 1. The van der Waals surface area contributed by atoms with Gasteiger partial charge in [0.25, 0.3) is 6.43 Å². The first-order valence-electron chi connectivity index (χ1n) is 3.69. The molecule has 0 rings (SSSR count). The standard InChI is InChI=1S/C7H13F2NO2/c1-4(3-6(11)12)2-5(10)7(8)9/h4-5,7H,2-3,10H2,1H3,(H,11,12)/t4-,5-/m1/s1. The molecule has 0 aliphatic carbocycles. The van der Waals surface area contributed by atoms with E-state index in [0.29, 0.717) is 0 Å². The van der Waals surface area contributed by atoms with Gasteiger partial charge in [0, 0.05) is 6.42 Å². The number of alkyl halides is 2. The fraction of sp³-hybridized carbons (Fsp3) is 0.857. The molecule has 5 heteroatoms. The van der Waals surface area contributed by atoms with E-state index >= 15 is 0 Å². The predicted octanol–water partition coefficient (Wildman–Crippen LogP) is 1.08. The average Bonchev–Trinajstić information content (AvgIpc) is 1.84. The molecule has 0 aromatic heterocycles. The van der Waals surface area contributed by atoms with Crippen molar-refractivity contribution in [3.8, 4) is 0 Å². The topological polar surface area (TPSA) is 63.3 Å². The lowest BCUT2D eigenvalue weighted by molar-refractivity contribution is -0.138. The summed E-state index contributed by atoms with van der Waals surface area (Å²) >= 11 is 0. The Morgan fingerprint density at radius 3 is 2.42 bits per heavy atom. The number of hydrogen-bond acceptors (Lipinski definition) is 2. The normalized spacial score (nSPS) is 16.1. The highest BCUT2D eigenvalue weighted by Crippen LogP contribution is 2.13. The molecule has 0 aliphatic rings. The van der Waals surface area contributed by atoms with Crippen molar-refractivity contribution in [3.05, 3.63) is 0 Å². The van der Waals surface area contributed by atoms with E-state index in [-0.39, 0.29) is 18.8 Å². The number of carboxylic acid groups (broad SMARTS) is 1. The Bertz CT molecular complexity index is 152. The molecule has 0 aliphatic heterocycles. The van der Waals surface area contributed by atoms with Gasteiger partial charge in [-0.3, -0.25) is 4.79 Å². The van der Waals surface area contributed by atoms with Crippen molar-refractivity contribution in [1.29, 1.82) is 0 Å². The molecular formula is C7H13F2NO2. The molecule has 0 amide bonds. The van der Waals surface area contributed by atoms with Gasteiger partial charge in [0.15, 0.2) is 0 Å². The van der Waals surface area contributed by atoms with Gasteiger partial charge in [-0.25, -0.2) is 8.78 Å². The summed E-state index contributed by atoms with van der Waals surface area (Å²) in [6, 6.07) is -1.21. The fourth-order valence-corrected chi connectivity index (χ4v) is 0.949. The Kier molecular flexibility index (Phi) is 4.73. The maximum atomic E-state index is 11.9. The number of halogens is 2. The molecule has 72 valence electrons. The third kappa shape index (κ3) is 5.01. The lowest BCUT2D eigenvalue weighted by atomic mass is 9.99. The van der Waals surface area contributed by atoms with Crippen LogP contribution < -0.4 is 5.73 Å². The van der Waals surface area contributed by atoms with Gasteiger partial charge in [0.05, 0.1) is 6.04 Å². The monoisotopic (exact) mass is 181 g/mol. The summed E-state index contributed by atoms with van der Waals surface area (Å²) < 4.78 is 23.7. The quantitative estimate of drug-likeness (QED) is 0.667. The van der Waals surface area contributed by atoms with Gasteiger partial charge in [-0.1, -0.05) is 6.92 Å². The van der Waals surface area contributed by atoms with E-state index in [1.165, 1.54) is 0 Å². The zero-order valence-corrected chi connectivity index (χ0v) is 6.84. The zero-order valence-electron chi connectivity index (χ0n) is 6.84. The van der Waals surface area contributed by atoms with Gasteiger partial charge in [-0.15, -0.1) is 0 Å². The Morgan fingerprint density at radius 2 is 2.08 bits per heavy atom. The van der Waals surface area contributed by atoms with Gasteiger partial charge in [-0.05, 0) is 12.3 Å². The SMILES string of the molecule is C[C@@H](CC(=O)O)C[C@@H](N)C(F)F. The Balaban J connectivity index is 3.68. The molecular weight excluding hydrogens is 168 g/mol. The number of nitrogens with two attached hydrogens (primary N) is 1. The van der Waals surface area contributed by atoms with E-state index in [4.69, 9.17) is 10.8 Å². The summed E-state index contributed by atoms with van der Waals surface area (Å²) in [6.07, 6.45) is -2.63. The Morgan fingerprint density at radius 1 is 1.58 bits per heavy atom. The summed E-state index contributed by atoms with van der Waals surface area (Å²) in [4.78, 5) is 10.1. The van der Waals surface area contributed by atoms with Crippen LogP contribution >= 0.6 is 0 Å². The van der Waals surface area contributed by atoms with Crippen molar-refractivity contribution in [1.82, 2.24) is 0 Å². The van der Waals surface area contributed by atoms with E-state index < -0.39 is 18.4 Å². The van der Waals surface area contributed by atoms with Crippen LogP contribution in [-0.2, 0) is 4.79 Å². The van der Waals surface area contributed by atoms with E-state index in [2.05, 4.69) is 0 Å². The molecule has 2 atom stereocenters. The maximum absolute atomic E-state index is 11.9. The fourth-order valence-electron chi connectivity index (χ4n) is 0.949. The minimum Gasteiger partial charge on any atom is -0.481 e. The van der Waals surface area contributed by atoms with E-state index in [0.717, 1.165) is 0 Å². The second-order valence-corrected chi connectivity index (χ2v) is 2.94. The Labute approximate surface area is 69.6 Å². The van der Waals surface area contributed by atoms with E-state index in [1.54, 1.807) is 6.92 Å². The van der Waals surface area contributed by atoms with Crippen LogP contribution in [0.25, 0.3) is 0 Å². The molecule has 0 radical (unpaired) electrons. The van der Waals surface area contributed by atoms with Crippen LogP contribution in [0.5, 0.6) is 0 Å². The van der Waals surface area contributed by atoms with Crippen LogP contribution in [0.3, 0.4) is 0 Å². The summed E-state index contributed by atoms with van der Waals surface area (Å²) in [5.41, 5.74) is 5.05. The van der Waals surface area contributed by atoms with Crippen LogP contribution in [0, 0.1) is 5.92 Å². The van der Waals surface area contributed by atoms with Crippen LogP contribution in [0.1, 0.15) is 19.8 Å². The minimum absolute atomic E-state index is 0.0456. The highest BCUT2D eigenvalue weighted by Gasteiger charge is 2.19. The third-order valence-electron chi connectivity index (χ3n) is 1.52. The van der Waals surface area contributed by atoms with E-state index in [1.807, 2.05) is 0 Å². The van der Waals surface area contributed by atoms with Crippen molar-refractivity contribution >= 4 is 5.97 Å². The summed E-state index contributed by atoms with van der Waals surface area (Å²) in [5.74, 6) is -1.28. The minimum atomic E-state index is -2.57. The highest BCUT2D eigenvalue weighted by atomic mass is 19.3. The molecule has 0 bridgehead atoms.